The molecule has 0 aromatic carbocycles. The van der Waals surface area contributed by atoms with E-state index in [1.54, 1.807) is 12.4 Å². The maximum Gasteiger partial charge on any atom is 0.218 e. The number of hydrogen-bond acceptors (Lipinski definition) is 5. The van der Waals surface area contributed by atoms with Crippen LogP contribution in [0.3, 0.4) is 0 Å². The van der Waals surface area contributed by atoms with Gasteiger partial charge in [-0.3, -0.25) is 0 Å². The van der Waals surface area contributed by atoms with E-state index in [9.17, 15) is 0 Å². The smallest absolute Gasteiger partial charge is 0.218 e. The Labute approximate surface area is 113 Å². The van der Waals surface area contributed by atoms with Crippen molar-refractivity contribution in [2.24, 2.45) is 0 Å². The third kappa shape index (κ3) is 3.91. The molecule has 0 spiro atoms. The Kier molecular flexibility index (Phi) is 4.28. The lowest BCUT2D eigenvalue weighted by molar-refractivity contribution is 0.230. The van der Waals surface area contributed by atoms with Crippen LogP contribution in [0.15, 0.2) is 30.6 Å². The van der Waals surface area contributed by atoms with E-state index in [4.69, 9.17) is 4.74 Å². The van der Waals surface area contributed by atoms with Crippen molar-refractivity contribution >= 4 is 5.82 Å². The highest BCUT2D eigenvalue weighted by molar-refractivity contribution is 5.36. The zero-order valence-electron chi connectivity index (χ0n) is 11.4. The van der Waals surface area contributed by atoms with Crippen molar-refractivity contribution < 1.29 is 4.74 Å². The van der Waals surface area contributed by atoms with Crippen LogP contribution in [0.4, 0.5) is 5.82 Å². The van der Waals surface area contributed by atoms with E-state index in [1.165, 1.54) is 0 Å². The molecule has 2 aromatic heterocycles. The number of hydrogen-bond donors (Lipinski definition) is 1. The van der Waals surface area contributed by atoms with Gasteiger partial charge in [0.1, 0.15) is 11.6 Å². The van der Waals surface area contributed by atoms with Gasteiger partial charge in [-0.05, 0) is 32.9 Å². The number of nitrogens with zero attached hydrogens (tertiary/aromatic N) is 3. The predicted octanol–water partition coefficient (Wildman–Crippen LogP) is 2.58. The number of rotatable bonds is 5. The van der Waals surface area contributed by atoms with Gasteiger partial charge in [-0.2, -0.15) is 0 Å². The molecule has 0 aliphatic heterocycles. The Hall–Kier alpha value is -2.17. The summed E-state index contributed by atoms with van der Waals surface area (Å²) in [5.41, 5.74) is 1.01. The minimum atomic E-state index is 0.106. The molecule has 0 amide bonds. The van der Waals surface area contributed by atoms with Gasteiger partial charge in [-0.25, -0.2) is 15.0 Å². The van der Waals surface area contributed by atoms with E-state index in [0.29, 0.717) is 12.4 Å². The number of pyridine rings is 1. The van der Waals surface area contributed by atoms with Gasteiger partial charge in [0.25, 0.3) is 0 Å². The zero-order valence-corrected chi connectivity index (χ0v) is 11.4. The molecule has 2 heterocycles. The number of nitrogens with one attached hydrogen (secondary N) is 1. The topological polar surface area (TPSA) is 59.9 Å². The van der Waals surface area contributed by atoms with Crippen LogP contribution in [-0.4, -0.2) is 21.1 Å². The molecule has 5 heteroatoms. The quantitative estimate of drug-likeness (QED) is 0.893. The molecular formula is C14H18N4O. The van der Waals surface area contributed by atoms with Crippen molar-refractivity contribution in [1.82, 2.24) is 15.0 Å². The number of aromatic nitrogens is 3. The monoisotopic (exact) mass is 258 g/mol. The van der Waals surface area contributed by atoms with Crippen LogP contribution in [0.1, 0.15) is 25.2 Å². The van der Waals surface area contributed by atoms with E-state index < -0.39 is 0 Å². The number of ether oxygens (including phenoxy) is 1. The molecule has 0 fully saturated rings. The molecule has 2 aromatic rings. The molecule has 0 atom stereocenters. The van der Waals surface area contributed by atoms with Gasteiger partial charge in [0, 0.05) is 24.5 Å². The molecule has 0 unspecified atom stereocenters. The average molecular weight is 258 g/mol. The molecule has 2 rings (SSSR count). The van der Waals surface area contributed by atoms with Gasteiger partial charge in [0.05, 0.1) is 6.10 Å². The highest BCUT2D eigenvalue weighted by Crippen LogP contribution is 2.17. The fourth-order valence-electron chi connectivity index (χ4n) is 1.63. The minimum Gasteiger partial charge on any atom is -0.475 e. The number of anilines is 1. The molecule has 1 N–H and O–H groups in total. The summed E-state index contributed by atoms with van der Waals surface area (Å²) < 4.78 is 5.67. The maximum atomic E-state index is 5.67. The summed E-state index contributed by atoms with van der Waals surface area (Å²) in [5, 5.41) is 3.24. The molecule has 19 heavy (non-hydrogen) atoms. The lowest BCUT2D eigenvalue weighted by atomic mass is 10.2. The molecule has 0 aliphatic carbocycles. The van der Waals surface area contributed by atoms with Crippen LogP contribution in [0.5, 0.6) is 5.88 Å². The summed E-state index contributed by atoms with van der Waals surface area (Å²) in [7, 11) is 0. The van der Waals surface area contributed by atoms with Crippen molar-refractivity contribution in [1.29, 1.82) is 0 Å². The SMILES string of the molecule is Cc1nccc(NCc2cccnc2OC(C)C)n1. The molecule has 100 valence electrons. The lowest BCUT2D eigenvalue weighted by Crippen LogP contribution is -2.11. The van der Waals surface area contributed by atoms with Gasteiger partial charge in [-0.1, -0.05) is 6.07 Å². The lowest BCUT2D eigenvalue weighted by Gasteiger charge is -2.13. The third-order valence-electron chi connectivity index (χ3n) is 2.43. The molecule has 0 saturated heterocycles. The van der Waals surface area contributed by atoms with E-state index in [2.05, 4.69) is 20.3 Å². The van der Waals surface area contributed by atoms with Gasteiger partial charge in [-0.15, -0.1) is 0 Å². The Balaban J connectivity index is 2.07. The van der Waals surface area contributed by atoms with Gasteiger partial charge in [0.2, 0.25) is 5.88 Å². The van der Waals surface area contributed by atoms with Crippen LogP contribution in [0.2, 0.25) is 0 Å². The van der Waals surface area contributed by atoms with Crippen LogP contribution in [-0.2, 0) is 6.54 Å². The van der Waals surface area contributed by atoms with Gasteiger partial charge >= 0.3 is 0 Å². The van der Waals surface area contributed by atoms with Crippen LogP contribution in [0.25, 0.3) is 0 Å². The normalized spacial score (nSPS) is 10.5. The third-order valence-corrected chi connectivity index (χ3v) is 2.43. The largest absolute Gasteiger partial charge is 0.475 e. The fraction of sp³-hybridized carbons (Fsp3) is 0.357. The first-order chi connectivity index (χ1) is 9.15. The summed E-state index contributed by atoms with van der Waals surface area (Å²) in [6.45, 7) is 6.45. The van der Waals surface area contributed by atoms with Crippen molar-refractivity contribution in [3.05, 3.63) is 42.0 Å². The minimum absolute atomic E-state index is 0.106. The number of aryl methyl sites for hydroxylation is 1. The Morgan fingerprint density at radius 2 is 2.05 bits per heavy atom. The average Bonchev–Trinajstić information content (AvgIpc) is 2.37. The second-order valence-electron chi connectivity index (χ2n) is 4.48. The first-order valence-electron chi connectivity index (χ1n) is 6.29. The van der Waals surface area contributed by atoms with E-state index in [1.807, 2.05) is 39.0 Å². The molecular weight excluding hydrogens is 240 g/mol. The Morgan fingerprint density at radius 1 is 1.21 bits per heavy atom. The second-order valence-corrected chi connectivity index (χ2v) is 4.48. The zero-order chi connectivity index (χ0) is 13.7. The Bertz CT molecular complexity index is 542. The predicted molar refractivity (Wildman–Crippen MR) is 74.1 cm³/mol. The molecule has 0 aliphatic rings. The van der Waals surface area contributed by atoms with Crippen molar-refractivity contribution in [2.45, 2.75) is 33.4 Å². The summed E-state index contributed by atoms with van der Waals surface area (Å²) >= 11 is 0. The first kappa shape index (κ1) is 13.3. The molecule has 0 bridgehead atoms. The van der Waals surface area contributed by atoms with E-state index >= 15 is 0 Å². The molecule has 5 nitrogen and oxygen atoms in total. The van der Waals surface area contributed by atoms with E-state index in [-0.39, 0.29) is 6.10 Å². The van der Waals surface area contributed by atoms with Crippen molar-refractivity contribution in [3.63, 3.8) is 0 Å². The highest BCUT2D eigenvalue weighted by Gasteiger charge is 2.06. The summed E-state index contributed by atoms with van der Waals surface area (Å²) in [6, 6.07) is 5.73. The van der Waals surface area contributed by atoms with Crippen LogP contribution < -0.4 is 10.1 Å². The summed E-state index contributed by atoms with van der Waals surface area (Å²) in [4.78, 5) is 12.6. The summed E-state index contributed by atoms with van der Waals surface area (Å²) in [6.07, 6.45) is 3.57. The Morgan fingerprint density at radius 3 is 2.79 bits per heavy atom. The maximum absolute atomic E-state index is 5.67. The van der Waals surface area contributed by atoms with Crippen LogP contribution in [0, 0.1) is 6.92 Å². The molecule has 0 saturated carbocycles. The van der Waals surface area contributed by atoms with Gasteiger partial charge < -0.3 is 10.1 Å². The standard InChI is InChI=1S/C14H18N4O/c1-10(2)19-14-12(5-4-7-16-14)9-17-13-6-8-15-11(3)18-13/h4-8,10H,9H2,1-3H3,(H,15,17,18). The van der Waals surface area contributed by atoms with Crippen LogP contribution >= 0.6 is 0 Å². The fourth-order valence-corrected chi connectivity index (χ4v) is 1.63. The van der Waals surface area contributed by atoms with Crippen molar-refractivity contribution in [2.75, 3.05) is 5.32 Å². The van der Waals surface area contributed by atoms with Crippen molar-refractivity contribution in [3.8, 4) is 5.88 Å². The molecule has 0 radical (unpaired) electrons. The van der Waals surface area contributed by atoms with E-state index in [0.717, 1.165) is 17.2 Å². The highest BCUT2D eigenvalue weighted by atomic mass is 16.5. The summed E-state index contributed by atoms with van der Waals surface area (Å²) in [5.74, 6) is 2.21. The second kappa shape index (κ2) is 6.13. The first-order valence-corrected chi connectivity index (χ1v) is 6.29. The van der Waals surface area contributed by atoms with Gasteiger partial charge in [0.15, 0.2) is 0 Å².